The summed E-state index contributed by atoms with van der Waals surface area (Å²) in [4.78, 5) is 16.2. The molecule has 0 radical (unpaired) electrons. The molecule has 0 saturated carbocycles. The van der Waals surface area contributed by atoms with Gasteiger partial charge in [0.2, 0.25) is 0 Å². The summed E-state index contributed by atoms with van der Waals surface area (Å²) in [6, 6.07) is 0.246. The Morgan fingerprint density at radius 1 is 1.38 bits per heavy atom. The summed E-state index contributed by atoms with van der Waals surface area (Å²) >= 11 is 0. The summed E-state index contributed by atoms with van der Waals surface area (Å²) in [5.74, 6) is 0.666. The van der Waals surface area contributed by atoms with Crippen LogP contribution in [0, 0.1) is 5.92 Å². The van der Waals surface area contributed by atoms with Crippen LogP contribution in [0.1, 0.15) is 33.1 Å². The average Bonchev–Trinajstić information content (AvgIpc) is 2.29. The van der Waals surface area contributed by atoms with Gasteiger partial charge in [-0.25, -0.2) is 4.79 Å². The van der Waals surface area contributed by atoms with Crippen molar-refractivity contribution in [2.24, 2.45) is 5.92 Å². The Labute approximate surface area is 98.1 Å². The van der Waals surface area contributed by atoms with Crippen LogP contribution in [0.25, 0.3) is 0 Å². The molecule has 1 atom stereocenters. The largest absolute Gasteiger partial charge is 0.324 e. The maximum Gasteiger partial charge on any atom is 0.320 e. The molecule has 2 heterocycles. The van der Waals surface area contributed by atoms with Gasteiger partial charge in [0.1, 0.15) is 0 Å². The Balaban J connectivity index is 1.92. The van der Waals surface area contributed by atoms with Gasteiger partial charge < -0.3 is 9.80 Å². The Morgan fingerprint density at radius 2 is 2.19 bits per heavy atom. The molecule has 0 aliphatic carbocycles. The van der Waals surface area contributed by atoms with Crippen LogP contribution in [-0.2, 0) is 0 Å². The van der Waals surface area contributed by atoms with Crippen molar-refractivity contribution in [1.82, 2.24) is 9.80 Å². The lowest BCUT2D eigenvalue weighted by Gasteiger charge is -2.36. The third kappa shape index (κ3) is 2.57. The fourth-order valence-corrected chi connectivity index (χ4v) is 2.51. The zero-order valence-corrected chi connectivity index (χ0v) is 10.4. The molecule has 0 bridgehead atoms. The molecule has 2 amide bonds. The summed E-state index contributed by atoms with van der Waals surface area (Å²) < 4.78 is 0. The molecule has 1 saturated heterocycles. The van der Waals surface area contributed by atoms with Gasteiger partial charge in [0.05, 0.1) is 0 Å². The molecule has 0 N–H and O–H groups in total. The second-order valence-electron chi connectivity index (χ2n) is 5.22. The lowest BCUT2D eigenvalue weighted by molar-refractivity contribution is 0.134. The topological polar surface area (TPSA) is 23.6 Å². The number of likely N-dealkylation sites (tertiary alicyclic amines) is 1. The molecular weight excluding hydrogens is 200 g/mol. The van der Waals surface area contributed by atoms with Crippen molar-refractivity contribution in [1.29, 1.82) is 0 Å². The highest BCUT2D eigenvalue weighted by Gasteiger charge is 2.25. The predicted molar refractivity (Wildman–Crippen MR) is 65.3 cm³/mol. The van der Waals surface area contributed by atoms with Crippen LogP contribution in [0.4, 0.5) is 4.79 Å². The van der Waals surface area contributed by atoms with E-state index in [0.717, 1.165) is 39.0 Å². The van der Waals surface area contributed by atoms with Crippen LogP contribution in [0.5, 0.6) is 0 Å². The van der Waals surface area contributed by atoms with Crippen molar-refractivity contribution in [2.45, 2.75) is 33.1 Å². The van der Waals surface area contributed by atoms with Crippen molar-refractivity contribution < 1.29 is 4.79 Å². The average molecular weight is 222 g/mol. The minimum Gasteiger partial charge on any atom is -0.324 e. The first-order valence-corrected chi connectivity index (χ1v) is 6.36. The van der Waals surface area contributed by atoms with Crippen molar-refractivity contribution >= 4 is 6.03 Å². The maximum atomic E-state index is 12.2. The first kappa shape index (κ1) is 11.5. The van der Waals surface area contributed by atoms with Gasteiger partial charge >= 0.3 is 6.03 Å². The molecule has 0 spiro atoms. The minimum absolute atomic E-state index is 0.246. The van der Waals surface area contributed by atoms with Crippen molar-refractivity contribution in [3.05, 3.63) is 11.6 Å². The minimum atomic E-state index is 0.246. The van der Waals surface area contributed by atoms with Crippen molar-refractivity contribution in [2.75, 3.05) is 26.2 Å². The van der Waals surface area contributed by atoms with Crippen LogP contribution in [0.3, 0.4) is 0 Å². The molecule has 0 aromatic rings. The summed E-state index contributed by atoms with van der Waals surface area (Å²) in [5.41, 5.74) is 1.41. The van der Waals surface area contributed by atoms with E-state index in [9.17, 15) is 4.79 Å². The molecule has 2 aliphatic rings. The highest BCUT2D eigenvalue weighted by atomic mass is 16.2. The number of rotatable bonds is 0. The Kier molecular flexibility index (Phi) is 3.52. The Bertz CT molecular complexity index is 298. The number of carbonyl (C=O) groups is 1. The van der Waals surface area contributed by atoms with E-state index in [-0.39, 0.29) is 6.03 Å². The van der Waals surface area contributed by atoms with E-state index in [1.54, 1.807) is 0 Å². The van der Waals surface area contributed by atoms with Gasteiger partial charge in [-0.05, 0) is 32.1 Å². The van der Waals surface area contributed by atoms with E-state index >= 15 is 0 Å². The van der Waals surface area contributed by atoms with Crippen molar-refractivity contribution in [3.63, 3.8) is 0 Å². The second kappa shape index (κ2) is 4.89. The standard InChI is InChI=1S/C13H22N2O/c1-11-5-8-14(9-6-11)13(16)15-7-3-4-12(2)10-15/h5,12H,3-4,6-10H2,1-2H3. The van der Waals surface area contributed by atoms with Crippen LogP contribution in [-0.4, -0.2) is 42.0 Å². The molecule has 2 aliphatic heterocycles. The smallest absolute Gasteiger partial charge is 0.320 e. The number of hydrogen-bond donors (Lipinski definition) is 0. The summed E-state index contributed by atoms with van der Waals surface area (Å²) in [5, 5.41) is 0. The highest BCUT2D eigenvalue weighted by molar-refractivity contribution is 5.75. The molecule has 0 aromatic carbocycles. The van der Waals surface area contributed by atoms with Crippen LogP contribution >= 0.6 is 0 Å². The number of nitrogens with zero attached hydrogens (tertiary/aromatic N) is 2. The quantitative estimate of drug-likeness (QED) is 0.578. The Hall–Kier alpha value is -0.990. The molecule has 90 valence electrons. The SMILES string of the molecule is CC1=CCN(C(=O)N2CCCC(C)C2)CC1. The monoisotopic (exact) mass is 222 g/mol. The predicted octanol–water partition coefficient (Wildman–Crippen LogP) is 2.49. The van der Waals surface area contributed by atoms with Gasteiger partial charge in [-0.3, -0.25) is 0 Å². The fraction of sp³-hybridized carbons (Fsp3) is 0.769. The summed E-state index contributed by atoms with van der Waals surface area (Å²) in [7, 11) is 0. The molecule has 1 unspecified atom stereocenters. The van der Waals surface area contributed by atoms with E-state index in [4.69, 9.17) is 0 Å². The number of piperidine rings is 1. The molecule has 0 aromatic heterocycles. The van der Waals surface area contributed by atoms with E-state index in [2.05, 4.69) is 19.9 Å². The van der Waals surface area contributed by atoms with Gasteiger partial charge in [-0.15, -0.1) is 0 Å². The molecule has 2 rings (SSSR count). The summed E-state index contributed by atoms with van der Waals surface area (Å²) in [6.07, 6.45) is 5.64. The van der Waals surface area contributed by atoms with Crippen molar-refractivity contribution in [3.8, 4) is 0 Å². The Morgan fingerprint density at radius 3 is 2.81 bits per heavy atom. The van der Waals surface area contributed by atoms with E-state index in [1.165, 1.54) is 12.0 Å². The van der Waals surface area contributed by atoms with Gasteiger partial charge in [-0.1, -0.05) is 18.6 Å². The third-order valence-corrected chi connectivity index (χ3v) is 3.63. The van der Waals surface area contributed by atoms with Crippen LogP contribution in [0.15, 0.2) is 11.6 Å². The number of carbonyl (C=O) groups excluding carboxylic acids is 1. The fourth-order valence-electron chi connectivity index (χ4n) is 2.51. The number of amides is 2. The first-order chi connectivity index (χ1) is 7.66. The zero-order valence-electron chi connectivity index (χ0n) is 10.4. The van der Waals surface area contributed by atoms with Gasteiger partial charge in [0.15, 0.2) is 0 Å². The zero-order chi connectivity index (χ0) is 11.5. The lowest BCUT2D eigenvalue weighted by Crippen LogP contribution is -2.48. The van der Waals surface area contributed by atoms with Crippen LogP contribution in [0.2, 0.25) is 0 Å². The van der Waals surface area contributed by atoms with Crippen LogP contribution < -0.4 is 0 Å². The number of hydrogen-bond acceptors (Lipinski definition) is 1. The molecule has 3 heteroatoms. The highest BCUT2D eigenvalue weighted by Crippen LogP contribution is 2.18. The maximum absolute atomic E-state index is 12.2. The first-order valence-electron chi connectivity index (χ1n) is 6.36. The summed E-state index contributed by atoms with van der Waals surface area (Å²) in [6.45, 7) is 7.96. The normalized spacial score (nSPS) is 26.6. The van der Waals surface area contributed by atoms with E-state index < -0.39 is 0 Å². The third-order valence-electron chi connectivity index (χ3n) is 3.63. The second-order valence-corrected chi connectivity index (χ2v) is 5.22. The van der Waals surface area contributed by atoms with E-state index in [0.29, 0.717) is 5.92 Å². The molecular formula is C13H22N2O. The van der Waals surface area contributed by atoms with E-state index in [1.807, 2.05) is 9.80 Å². The molecule has 16 heavy (non-hydrogen) atoms. The van der Waals surface area contributed by atoms with Gasteiger partial charge in [0.25, 0.3) is 0 Å². The van der Waals surface area contributed by atoms with Gasteiger partial charge in [-0.2, -0.15) is 0 Å². The number of urea groups is 1. The molecule has 1 fully saturated rings. The molecule has 3 nitrogen and oxygen atoms in total. The van der Waals surface area contributed by atoms with Gasteiger partial charge in [0, 0.05) is 26.2 Å². The lowest BCUT2D eigenvalue weighted by atomic mass is 10.0.